The number of benzene rings is 2. The number of nitrogens with one attached hydrogen (secondary N) is 1. The van der Waals surface area contributed by atoms with Crippen LogP contribution in [0.25, 0.3) is 11.0 Å². The van der Waals surface area contributed by atoms with Gasteiger partial charge in [0.1, 0.15) is 5.58 Å². The van der Waals surface area contributed by atoms with E-state index in [0.29, 0.717) is 18.2 Å². The average molecular weight is 392 g/mol. The molecule has 6 nitrogen and oxygen atoms in total. The summed E-state index contributed by atoms with van der Waals surface area (Å²) in [5, 5.41) is 4.41. The molecule has 0 spiro atoms. The normalized spacial score (nSPS) is 16.3. The van der Waals surface area contributed by atoms with Crippen LogP contribution in [0.4, 0.5) is 5.69 Å². The van der Waals surface area contributed by atoms with E-state index in [-0.39, 0.29) is 12.4 Å². The monoisotopic (exact) mass is 392 g/mol. The SMILES string of the molecule is Cc1ccc2oc(=O)cc(N(Cc3ccc4c(c3)OCO4)C3CCNCC3)c2c1. The van der Waals surface area contributed by atoms with Crippen molar-refractivity contribution in [3.05, 3.63) is 64.0 Å². The van der Waals surface area contributed by atoms with E-state index in [1.807, 2.05) is 24.3 Å². The molecule has 0 unspecified atom stereocenters. The number of ether oxygens (including phenoxy) is 2. The molecule has 0 atom stereocenters. The lowest BCUT2D eigenvalue weighted by atomic mass is 10.0. The van der Waals surface area contributed by atoms with Gasteiger partial charge in [-0.2, -0.15) is 0 Å². The van der Waals surface area contributed by atoms with Gasteiger partial charge in [0.15, 0.2) is 11.5 Å². The maximum absolute atomic E-state index is 12.3. The first-order chi connectivity index (χ1) is 14.2. The Hall–Kier alpha value is -2.99. The molecule has 2 aromatic carbocycles. The van der Waals surface area contributed by atoms with Crippen molar-refractivity contribution in [3.8, 4) is 11.5 Å². The summed E-state index contributed by atoms with van der Waals surface area (Å²) < 4.78 is 16.5. The topological polar surface area (TPSA) is 63.9 Å². The minimum Gasteiger partial charge on any atom is -0.454 e. The zero-order valence-corrected chi connectivity index (χ0v) is 16.4. The van der Waals surface area contributed by atoms with Gasteiger partial charge >= 0.3 is 5.63 Å². The molecule has 0 amide bonds. The Morgan fingerprint density at radius 3 is 2.72 bits per heavy atom. The largest absolute Gasteiger partial charge is 0.454 e. The van der Waals surface area contributed by atoms with Crippen LogP contribution in [0.5, 0.6) is 11.5 Å². The van der Waals surface area contributed by atoms with Crippen molar-refractivity contribution < 1.29 is 13.9 Å². The molecule has 0 radical (unpaired) electrons. The highest BCUT2D eigenvalue weighted by Crippen LogP contribution is 2.35. The molecule has 3 aromatic rings. The van der Waals surface area contributed by atoms with E-state index in [2.05, 4.69) is 29.3 Å². The first-order valence-corrected chi connectivity index (χ1v) is 10.1. The van der Waals surface area contributed by atoms with Gasteiger partial charge in [-0.05, 0) is 62.7 Å². The molecule has 0 saturated carbocycles. The Bertz CT molecular complexity index is 1100. The Kier molecular flexibility index (Phi) is 4.64. The van der Waals surface area contributed by atoms with Crippen LogP contribution in [-0.2, 0) is 6.54 Å². The van der Waals surface area contributed by atoms with Crippen LogP contribution < -0.4 is 25.3 Å². The molecule has 1 saturated heterocycles. The number of aryl methyl sites for hydroxylation is 1. The van der Waals surface area contributed by atoms with Gasteiger partial charge in [0.2, 0.25) is 6.79 Å². The lowest BCUT2D eigenvalue weighted by molar-refractivity contribution is 0.174. The van der Waals surface area contributed by atoms with Crippen molar-refractivity contribution in [2.45, 2.75) is 32.4 Å². The van der Waals surface area contributed by atoms with E-state index >= 15 is 0 Å². The van der Waals surface area contributed by atoms with Crippen LogP contribution in [0.15, 0.2) is 51.7 Å². The second-order valence-electron chi connectivity index (χ2n) is 7.75. The Balaban J connectivity index is 1.60. The minimum atomic E-state index is -0.319. The van der Waals surface area contributed by atoms with E-state index in [1.54, 1.807) is 6.07 Å². The Morgan fingerprint density at radius 1 is 1.03 bits per heavy atom. The van der Waals surface area contributed by atoms with Crippen molar-refractivity contribution in [2.24, 2.45) is 0 Å². The summed E-state index contributed by atoms with van der Waals surface area (Å²) in [5.41, 5.74) is 3.51. The van der Waals surface area contributed by atoms with Gasteiger partial charge in [-0.3, -0.25) is 0 Å². The van der Waals surface area contributed by atoms with E-state index in [9.17, 15) is 4.79 Å². The molecule has 0 aliphatic carbocycles. The summed E-state index contributed by atoms with van der Waals surface area (Å²) in [6.07, 6.45) is 2.05. The van der Waals surface area contributed by atoms with Gasteiger partial charge in [0, 0.05) is 24.0 Å². The lowest BCUT2D eigenvalue weighted by Gasteiger charge is -2.37. The third-order valence-electron chi connectivity index (χ3n) is 5.72. The van der Waals surface area contributed by atoms with Crippen LogP contribution in [0, 0.1) is 6.92 Å². The fourth-order valence-electron chi connectivity index (χ4n) is 4.26. The van der Waals surface area contributed by atoms with Crippen molar-refractivity contribution in [1.82, 2.24) is 5.32 Å². The number of rotatable bonds is 4. The van der Waals surface area contributed by atoms with Crippen LogP contribution >= 0.6 is 0 Å². The van der Waals surface area contributed by atoms with Gasteiger partial charge < -0.3 is 24.1 Å². The van der Waals surface area contributed by atoms with Crippen molar-refractivity contribution >= 4 is 16.7 Å². The number of nitrogens with zero attached hydrogens (tertiary/aromatic N) is 1. The number of anilines is 1. The molecule has 1 aromatic heterocycles. The fraction of sp³-hybridized carbons (Fsp3) is 0.348. The molecule has 2 aliphatic rings. The van der Waals surface area contributed by atoms with E-state index in [1.165, 1.54) is 0 Å². The molecular formula is C23H24N2O4. The third kappa shape index (κ3) is 3.56. The van der Waals surface area contributed by atoms with Gasteiger partial charge in [0.05, 0.1) is 5.69 Å². The number of piperidine rings is 1. The highest BCUT2D eigenvalue weighted by atomic mass is 16.7. The summed E-state index contributed by atoms with van der Waals surface area (Å²) >= 11 is 0. The van der Waals surface area contributed by atoms with Crippen molar-refractivity contribution in [2.75, 3.05) is 24.8 Å². The van der Waals surface area contributed by atoms with Crippen molar-refractivity contribution in [3.63, 3.8) is 0 Å². The maximum atomic E-state index is 12.3. The molecule has 150 valence electrons. The van der Waals surface area contributed by atoms with Gasteiger partial charge in [-0.25, -0.2) is 4.79 Å². The summed E-state index contributed by atoms with van der Waals surface area (Å²) in [7, 11) is 0. The van der Waals surface area contributed by atoms with Crippen LogP contribution in [0.1, 0.15) is 24.0 Å². The highest BCUT2D eigenvalue weighted by molar-refractivity contribution is 5.90. The summed E-state index contributed by atoms with van der Waals surface area (Å²) in [6.45, 7) is 4.96. The zero-order valence-electron chi connectivity index (χ0n) is 16.4. The molecule has 0 bridgehead atoms. The smallest absolute Gasteiger partial charge is 0.338 e. The quantitative estimate of drug-likeness (QED) is 0.685. The van der Waals surface area contributed by atoms with Gasteiger partial charge in [-0.1, -0.05) is 17.7 Å². The van der Waals surface area contributed by atoms with Crippen molar-refractivity contribution in [1.29, 1.82) is 0 Å². The molecule has 1 N–H and O–H groups in total. The van der Waals surface area contributed by atoms with Gasteiger partial charge in [0.25, 0.3) is 0 Å². The lowest BCUT2D eigenvalue weighted by Crippen LogP contribution is -2.43. The van der Waals surface area contributed by atoms with E-state index < -0.39 is 0 Å². The van der Waals surface area contributed by atoms with Gasteiger partial charge in [-0.15, -0.1) is 0 Å². The molecule has 2 aliphatic heterocycles. The summed E-state index contributed by atoms with van der Waals surface area (Å²) in [6, 6.07) is 14.0. The predicted molar refractivity (Wildman–Crippen MR) is 112 cm³/mol. The molecule has 5 rings (SSSR count). The third-order valence-corrected chi connectivity index (χ3v) is 5.72. The van der Waals surface area contributed by atoms with E-state index in [0.717, 1.165) is 59.6 Å². The number of hydrogen-bond donors (Lipinski definition) is 1. The standard InChI is InChI=1S/C23H24N2O4/c1-15-2-4-20-18(10-15)19(12-23(26)29-20)25(17-6-8-24-9-7-17)13-16-3-5-21-22(11-16)28-14-27-21/h2-5,10-12,17,24H,6-9,13-14H2,1H3. The second kappa shape index (κ2) is 7.44. The van der Waals surface area contributed by atoms with E-state index in [4.69, 9.17) is 13.9 Å². The number of hydrogen-bond acceptors (Lipinski definition) is 6. The average Bonchev–Trinajstić information content (AvgIpc) is 3.20. The highest BCUT2D eigenvalue weighted by Gasteiger charge is 2.25. The predicted octanol–water partition coefficient (Wildman–Crippen LogP) is 3.59. The Labute approximate surface area is 169 Å². The molecule has 1 fully saturated rings. The van der Waals surface area contributed by atoms with Crippen LogP contribution in [0.3, 0.4) is 0 Å². The first kappa shape index (κ1) is 18.1. The van der Waals surface area contributed by atoms with Crippen LogP contribution in [0.2, 0.25) is 0 Å². The minimum absolute atomic E-state index is 0.264. The molecule has 29 heavy (non-hydrogen) atoms. The first-order valence-electron chi connectivity index (χ1n) is 10.1. The maximum Gasteiger partial charge on any atom is 0.338 e. The summed E-state index contributed by atoms with van der Waals surface area (Å²) in [5.74, 6) is 1.56. The molecular weight excluding hydrogens is 368 g/mol. The second-order valence-corrected chi connectivity index (χ2v) is 7.75. The molecule has 6 heteroatoms. The molecule has 3 heterocycles. The fourth-order valence-corrected chi connectivity index (χ4v) is 4.26. The summed E-state index contributed by atoms with van der Waals surface area (Å²) in [4.78, 5) is 14.7. The van der Waals surface area contributed by atoms with Crippen LogP contribution in [-0.4, -0.2) is 25.9 Å². The zero-order chi connectivity index (χ0) is 19.8. The number of fused-ring (bicyclic) bond motifs is 2. The Morgan fingerprint density at radius 2 is 1.86 bits per heavy atom.